The molecule has 0 saturated heterocycles. The molecule has 2 aromatic carbocycles. The average Bonchev–Trinajstić information content (AvgIpc) is 3.14. The topological polar surface area (TPSA) is 56.2 Å². The fourth-order valence-corrected chi connectivity index (χ4v) is 4.11. The van der Waals surface area contributed by atoms with E-state index in [1.165, 1.54) is 6.42 Å². The summed E-state index contributed by atoms with van der Waals surface area (Å²) in [7, 11) is 0. The molecule has 1 heterocycles. The minimum atomic E-state index is 0.167. The van der Waals surface area contributed by atoms with Crippen LogP contribution in [0, 0.1) is 5.92 Å². The molecule has 1 N–H and O–H groups in total. The molecule has 152 valence electrons. The van der Waals surface area contributed by atoms with Gasteiger partial charge in [0.15, 0.2) is 0 Å². The van der Waals surface area contributed by atoms with Gasteiger partial charge in [-0.15, -0.1) is 0 Å². The molecule has 0 unspecified atom stereocenters. The summed E-state index contributed by atoms with van der Waals surface area (Å²) in [6.45, 7) is 1.93. The van der Waals surface area contributed by atoms with Crippen LogP contribution < -0.4 is 10.1 Å². The second kappa shape index (κ2) is 9.59. The third-order valence-corrected chi connectivity index (χ3v) is 5.67. The number of carbonyl (C=O) groups excluding carboxylic acids is 1. The van der Waals surface area contributed by atoms with E-state index in [0.717, 1.165) is 61.3 Å². The molecule has 1 aliphatic carbocycles. The van der Waals surface area contributed by atoms with Gasteiger partial charge in [0.25, 0.3) is 0 Å². The van der Waals surface area contributed by atoms with Gasteiger partial charge in [0.2, 0.25) is 5.91 Å². The van der Waals surface area contributed by atoms with Gasteiger partial charge in [-0.05, 0) is 43.5 Å². The molecule has 29 heavy (non-hydrogen) atoms. The second-order valence-electron chi connectivity index (χ2n) is 7.74. The molecule has 0 atom stereocenters. The molecule has 0 spiro atoms. The first-order chi connectivity index (χ1) is 14.3. The van der Waals surface area contributed by atoms with Gasteiger partial charge in [-0.2, -0.15) is 0 Å². The lowest BCUT2D eigenvalue weighted by Crippen LogP contribution is -2.32. The fourth-order valence-electron chi connectivity index (χ4n) is 4.11. The lowest BCUT2D eigenvalue weighted by molar-refractivity contribution is -0.126. The first-order valence-corrected chi connectivity index (χ1v) is 10.7. The minimum absolute atomic E-state index is 0.167. The zero-order valence-electron chi connectivity index (χ0n) is 16.8. The fraction of sp³-hybridized carbons (Fsp3) is 0.417. The SMILES string of the molecule is O=C(NCc1nc2ccccc2n1CCCOc1ccccc1)C1CCCCC1. The number of hydrogen-bond acceptors (Lipinski definition) is 3. The van der Waals surface area contributed by atoms with Crippen LogP contribution >= 0.6 is 0 Å². The number of fused-ring (bicyclic) bond motifs is 1. The zero-order chi connectivity index (χ0) is 19.9. The molecule has 1 aliphatic rings. The monoisotopic (exact) mass is 391 g/mol. The van der Waals surface area contributed by atoms with Crippen LogP contribution in [-0.2, 0) is 17.9 Å². The number of rotatable bonds is 8. The first kappa shape index (κ1) is 19.5. The largest absolute Gasteiger partial charge is 0.494 e. The molecule has 1 saturated carbocycles. The highest BCUT2D eigenvalue weighted by atomic mass is 16.5. The summed E-state index contributed by atoms with van der Waals surface area (Å²) in [6, 6.07) is 18.0. The molecule has 3 aromatic rings. The van der Waals surface area contributed by atoms with Crippen molar-refractivity contribution >= 4 is 16.9 Å². The van der Waals surface area contributed by atoms with Gasteiger partial charge < -0.3 is 14.6 Å². The van der Waals surface area contributed by atoms with E-state index in [1.54, 1.807) is 0 Å². The molecular weight excluding hydrogens is 362 g/mol. The number of imidazole rings is 1. The van der Waals surface area contributed by atoms with Crippen LogP contribution in [0.15, 0.2) is 54.6 Å². The van der Waals surface area contributed by atoms with Crippen molar-refractivity contribution in [2.75, 3.05) is 6.61 Å². The quantitative estimate of drug-likeness (QED) is 0.566. The van der Waals surface area contributed by atoms with E-state index >= 15 is 0 Å². The molecule has 5 nitrogen and oxygen atoms in total. The Morgan fingerprint density at radius 3 is 2.62 bits per heavy atom. The van der Waals surface area contributed by atoms with Gasteiger partial charge in [0, 0.05) is 12.5 Å². The van der Waals surface area contributed by atoms with Crippen LogP contribution in [0.25, 0.3) is 11.0 Å². The van der Waals surface area contributed by atoms with Crippen LogP contribution in [0.4, 0.5) is 0 Å². The number of ether oxygens (including phenoxy) is 1. The van der Waals surface area contributed by atoms with Crippen LogP contribution in [0.2, 0.25) is 0 Å². The van der Waals surface area contributed by atoms with Crippen LogP contribution in [-0.4, -0.2) is 22.1 Å². The van der Waals surface area contributed by atoms with Gasteiger partial charge in [-0.1, -0.05) is 49.6 Å². The maximum Gasteiger partial charge on any atom is 0.223 e. The van der Waals surface area contributed by atoms with Gasteiger partial charge in [0.05, 0.1) is 24.2 Å². The maximum absolute atomic E-state index is 12.5. The number of nitrogens with zero attached hydrogens (tertiary/aromatic N) is 2. The van der Waals surface area contributed by atoms with E-state index in [-0.39, 0.29) is 11.8 Å². The summed E-state index contributed by atoms with van der Waals surface area (Å²) in [4.78, 5) is 17.3. The summed E-state index contributed by atoms with van der Waals surface area (Å²) in [5, 5.41) is 3.13. The number of benzene rings is 2. The summed E-state index contributed by atoms with van der Waals surface area (Å²) in [6.07, 6.45) is 6.48. The van der Waals surface area contributed by atoms with Crippen molar-refractivity contribution in [1.82, 2.24) is 14.9 Å². The van der Waals surface area contributed by atoms with Crippen LogP contribution in [0.1, 0.15) is 44.3 Å². The van der Waals surface area contributed by atoms with Gasteiger partial charge >= 0.3 is 0 Å². The highest BCUT2D eigenvalue weighted by Crippen LogP contribution is 2.24. The molecule has 1 aromatic heterocycles. The Labute approximate surface area is 172 Å². The van der Waals surface area contributed by atoms with E-state index in [2.05, 4.69) is 16.0 Å². The molecule has 5 heteroatoms. The zero-order valence-corrected chi connectivity index (χ0v) is 16.8. The van der Waals surface area contributed by atoms with Crippen molar-refractivity contribution in [3.63, 3.8) is 0 Å². The Kier molecular flexibility index (Phi) is 6.45. The van der Waals surface area contributed by atoms with E-state index in [4.69, 9.17) is 9.72 Å². The molecule has 0 aliphatic heterocycles. The van der Waals surface area contributed by atoms with Crippen molar-refractivity contribution in [2.24, 2.45) is 5.92 Å². The molecule has 1 fully saturated rings. The Morgan fingerprint density at radius 2 is 1.79 bits per heavy atom. The summed E-state index contributed by atoms with van der Waals surface area (Å²) in [5.41, 5.74) is 2.08. The van der Waals surface area contributed by atoms with Crippen LogP contribution in [0.3, 0.4) is 0 Å². The number of nitrogens with one attached hydrogen (secondary N) is 1. The smallest absolute Gasteiger partial charge is 0.223 e. The van der Waals surface area contributed by atoms with E-state index in [0.29, 0.717) is 13.2 Å². The van der Waals surface area contributed by atoms with E-state index in [1.807, 2.05) is 48.5 Å². The summed E-state index contributed by atoms with van der Waals surface area (Å²) in [5.74, 6) is 2.15. The highest BCUT2D eigenvalue weighted by Gasteiger charge is 2.21. The van der Waals surface area contributed by atoms with Crippen molar-refractivity contribution < 1.29 is 9.53 Å². The molecular formula is C24H29N3O2. The Morgan fingerprint density at radius 1 is 1.03 bits per heavy atom. The number of amides is 1. The number of hydrogen-bond donors (Lipinski definition) is 1. The summed E-state index contributed by atoms with van der Waals surface area (Å²) >= 11 is 0. The van der Waals surface area contributed by atoms with E-state index < -0.39 is 0 Å². The van der Waals surface area contributed by atoms with Crippen molar-refractivity contribution in [1.29, 1.82) is 0 Å². The number of carbonyl (C=O) groups is 1. The maximum atomic E-state index is 12.5. The average molecular weight is 392 g/mol. The number of aryl methyl sites for hydroxylation is 1. The highest BCUT2D eigenvalue weighted by molar-refractivity contribution is 5.79. The normalized spacial score (nSPS) is 14.8. The Hall–Kier alpha value is -2.82. The lowest BCUT2D eigenvalue weighted by Gasteiger charge is -2.20. The molecule has 0 bridgehead atoms. The minimum Gasteiger partial charge on any atom is -0.494 e. The van der Waals surface area contributed by atoms with Crippen LogP contribution in [0.5, 0.6) is 5.75 Å². The van der Waals surface area contributed by atoms with E-state index in [9.17, 15) is 4.79 Å². The number of para-hydroxylation sites is 3. The second-order valence-corrected chi connectivity index (χ2v) is 7.74. The molecule has 4 rings (SSSR count). The van der Waals surface area contributed by atoms with Crippen molar-refractivity contribution in [3.8, 4) is 5.75 Å². The predicted octanol–water partition coefficient (Wildman–Crippen LogP) is 4.70. The number of aromatic nitrogens is 2. The van der Waals surface area contributed by atoms with Gasteiger partial charge in [-0.25, -0.2) is 4.98 Å². The standard InChI is InChI=1S/C24H29N3O2/c28-24(19-10-3-1-4-11-19)25-18-23-26-21-14-7-8-15-22(21)27(23)16-9-17-29-20-12-5-2-6-13-20/h2,5-8,12-15,19H,1,3-4,9-11,16-18H2,(H,25,28). The Balaban J connectivity index is 1.39. The summed E-state index contributed by atoms with van der Waals surface area (Å²) < 4.78 is 8.04. The first-order valence-electron chi connectivity index (χ1n) is 10.7. The van der Waals surface area contributed by atoms with Gasteiger partial charge in [0.1, 0.15) is 11.6 Å². The third kappa shape index (κ3) is 4.97. The van der Waals surface area contributed by atoms with Crippen molar-refractivity contribution in [2.45, 2.75) is 51.6 Å². The van der Waals surface area contributed by atoms with Crippen molar-refractivity contribution in [3.05, 3.63) is 60.4 Å². The Bertz CT molecular complexity index is 930. The molecule has 1 amide bonds. The predicted molar refractivity (Wildman–Crippen MR) is 115 cm³/mol. The third-order valence-electron chi connectivity index (χ3n) is 5.67. The molecule has 0 radical (unpaired) electrons. The lowest BCUT2D eigenvalue weighted by atomic mass is 9.89. The van der Waals surface area contributed by atoms with Gasteiger partial charge in [-0.3, -0.25) is 4.79 Å².